The lowest BCUT2D eigenvalue weighted by atomic mass is 9.79. The van der Waals surface area contributed by atoms with E-state index in [0.29, 0.717) is 12.0 Å². The zero-order chi connectivity index (χ0) is 14.8. The Morgan fingerprint density at radius 3 is 2.95 bits per heavy atom. The molecule has 3 heteroatoms. The first-order chi connectivity index (χ1) is 10.1. The van der Waals surface area contributed by atoms with Gasteiger partial charge in [-0.3, -0.25) is 4.79 Å². The van der Waals surface area contributed by atoms with Crippen LogP contribution in [-0.4, -0.2) is 18.5 Å². The zero-order valence-corrected chi connectivity index (χ0v) is 13.1. The van der Waals surface area contributed by atoms with Crippen molar-refractivity contribution >= 4 is 5.91 Å². The van der Waals surface area contributed by atoms with E-state index in [4.69, 9.17) is 0 Å². The van der Waals surface area contributed by atoms with Crippen molar-refractivity contribution in [2.45, 2.75) is 52.1 Å². The van der Waals surface area contributed by atoms with Gasteiger partial charge in [-0.2, -0.15) is 0 Å². The van der Waals surface area contributed by atoms with Gasteiger partial charge in [-0.25, -0.2) is 0 Å². The first kappa shape index (κ1) is 14.6. The van der Waals surface area contributed by atoms with Crippen LogP contribution in [0, 0.1) is 11.8 Å². The van der Waals surface area contributed by atoms with E-state index in [9.17, 15) is 4.79 Å². The highest BCUT2D eigenvalue weighted by atomic mass is 16.1. The van der Waals surface area contributed by atoms with E-state index < -0.39 is 0 Å². The molecule has 2 aliphatic rings. The average molecular weight is 286 g/mol. The Hall–Kier alpha value is -1.35. The molecule has 1 aliphatic carbocycles. The fourth-order valence-corrected chi connectivity index (χ4v) is 3.87. The van der Waals surface area contributed by atoms with Crippen LogP contribution in [0.4, 0.5) is 0 Å². The summed E-state index contributed by atoms with van der Waals surface area (Å²) in [6.45, 7) is 6.43. The molecule has 1 amide bonds. The van der Waals surface area contributed by atoms with Gasteiger partial charge in [0, 0.05) is 18.2 Å². The van der Waals surface area contributed by atoms with E-state index in [1.165, 1.54) is 24.0 Å². The monoisotopic (exact) mass is 286 g/mol. The maximum absolute atomic E-state index is 12.7. The van der Waals surface area contributed by atoms with Gasteiger partial charge >= 0.3 is 0 Å². The summed E-state index contributed by atoms with van der Waals surface area (Å²) in [5.74, 6) is 1.50. The highest BCUT2D eigenvalue weighted by Gasteiger charge is 2.27. The molecule has 1 aromatic carbocycles. The number of rotatable bonds is 2. The predicted octanol–water partition coefficient (Wildman–Crippen LogP) is 2.89. The second-order valence-corrected chi connectivity index (χ2v) is 6.85. The summed E-state index contributed by atoms with van der Waals surface area (Å²) in [4.78, 5) is 12.7. The maximum atomic E-state index is 12.7. The van der Waals surface area contributed by atoms with Crippen molar-refractivity contribution < 1.29 is 4.79 Å². The van der Waals surface area contributed by atoms with Gasteiger partial charge in [0.05, 0.1) is 0 Å². The third-order valence-corrected chi connectivity index (χ3v) is 5.13. The molecule has 0 radical (unpaired) electrons. The molecule has 3 atom stereocenters. The van der Waals surface area contributed by atoms with Gasteiger partial charge in [-0.05, 0) is 61.3 Å². The maximum Gasteiger partial charge on any atom is 0.251 e. The summed E-state index contributed by atoms with van der Waals surface area (Å²) >= 11 is 0. The van der Waals surface area contributed by atoms with Crippen LogP contribution >= 0.6 is 0 Å². The SMILES string of the molecule is CC1CCC(NC(=O)c2cccc3c2CCNC3)C(C)C1. The van der Waals surface area contributed by atoms with Crippen molar-refractivity contribution in [2.75, 3.05) is 6.54 Å². The number of amides is 1. The summed E-state index contributed by atoms with van der Waals surface area (Å²) in [7, 11) is 0. The molecular formula is C18H26N2O. The van der Waals surface area contributed by atoms with Crippen LogP contribution in [0.1, 0.15) is 54.6 Å². The number of fused-ring (bicyclic) bond motifs is 1. The number of carbonyl (C=O) groups is 1. The van der Waals surface area contributed by atoms with E-state index >= 15 is 0 Å². The average Bonchev–Trinajstić information content (AvgIpc) is 2.49. The molecule has 3 rings (SSSR count). The van der Waals surface area contributed by atoms with Crippen molar-refractivity contribution in [3.05, 3.63) is 34.9 Å². The molecule has 1 aromatic rings. The van der Waals surface area contributed by atoms with Crippen molar-refractivity contribution in [3.8, 4) is 0 Å². The van der Waals surface area contributed by atoms with Crippen LogP contribution in [0.15, 0.2) is 18.2 Å². The summed E-state index contributed by atoms with van der Waals surface area (Å²) in [5, 5.41) is 6.66. The van der Waals surface area contributed by atoms with Crippen LogP contribution in [0.5, 0.6) is 0 Å². The van der Waals surface area contributed by atoms with Crippen LogP contribution in [0.25, 0.3) is 0 Å². The summed E-state index contributed by atoms with van der Waals surface area (Å²) in [6.07, 6.45) is 4.52. The molecule has 114 valence electrons. The standard InChI is InChI=1S/C18H26N2O/c1-12-6-7-17(13(2)10-12)20-18(21)16-5-3-4-14-11-19-9-8-15(14)16/h3-5,12-13,17,19H,6-11H2,1-2H3,(H,20,21). The predicted molar refractivity (Wildman–Crippen MR) is 85.3 cm³/mol. The van der Waals surface area contributed by atoms with Gasteiger partial charge in [0.2, 0.25) is 0 Å². The molecule has 0 bridgehead atoms. The number of carbonyl (C=O) groups excluding carboxylic acids is 1. The Balaban J connectivity index is 1.74. The summed E-state index contributed by atoms with van der Waals surface area (Å²) in [5.41, 5.74) is 3.41. The second-order valence-electron chi connectivity index (χ2n) is 6.85. The number of benzene rings is 1. The molecule has 1 heterocycles. The zero-order valence-electron chi connectivity index (χ0n) is 13.1. The third-order valence-electron chi connectivity index (χ3n) is 5.13. The van der Waals surface area contributed by atoms with Gasteiger partial charge in [0.1, 0.15) is 0 Å². The molecule has 0 aromatic heterocycles. The molecule has 3 unspecified atom stereocenters. The van der Waals surface area contributed by atoms with Crippen LogP contribution in [0.2, 0.25) is 0 Å². The Labute approximate surface area is 127 Å². The smallest absolute Gasteiger partial charge is 0.251 e. The van der Waals surface area contributed by atoms with Gasteiger partial charge in [0.25, 0.3) is 5.91 Å². The molecule has 2 N–H and O–H groups in total. The van der Waals surface area contributed by atoms with Crippen molar-refractivity contribution in [1.29, 1.82) is 0 Å². The lowest BCUT2D eigenvalue weighted by molar-refractivity contribution is 0.0898. The number of nitrogens with one attached hydrogen (secondary N) is 2. The minimum atomic E-state index is 0.125. The van der Waals surface area contributed by atoms with E-state index in [-0.39, 0.29) is 5.91 Å². The first-order valence-corrected chi connectivity index (χ1v) is 8.27. The van der Waals surface area contributed by atoms with Crippen molar-refractivity contribution in [3.63, 3.8) is 0 Å². The van der Waals surface area contributed by atoms with Crippen molar-refractivity contribution in [2.24, 2.45) is 11.8 Å². The van der Waals surface area contributed by atoms with Gasteiger partial charge in [0.15, 0.2) is 0 Å². The van der Waals surface area contributed by atoms with Crippen LogP contribution in [-0.2, 0) is 13.0 Å². The largest absolute Gasteiger partial charge is 0.349 e. The quantitative estimate of drug-likeness (QED) is 0.877. The molecule has 0 saturated heterocycles. The Morgan fingerprint density at radius 1 is 1.29 bits per heavy atom. The number of hydrogen-bond acceptors (Lipinski definition) is 2. The number of hydrogen-bond donors (Lipinski definition) is 2. The van der Waals surface area contributed by atoms with Gasteiger partial charge < -0.3 is 10.6 Å². The topological polar surface area (TPSA) is 41.1 Å². The minimum Gasteiger partial charge on any atom is -0.349 e. The van der Waals surface area contributed by atoms with Crippen LogP contribution in [0.3, 0.4) is 0 Å². The molecule has 3 nitrogen and oxygen atoms in total. The molecule has 0 spiro atoms. The Bertz CT molecular complexity index is 526. The van der Waals surface area contributed by atoms with Crippen molar-refractivity contribution in [1.82, 2.24) is 10.6 Å². The van der Waals surface area contributed by atoms with E-state index in [1.54, 1.807) is 0 Å². The highest BCUT2D eigenvalue weighted by molar-refractivity contribution is 5.96. The molecule has 1 aliphatic heterocycles. The third kappa shape index (κ3) is 3.13. The molecule has 1 saturated carbocycles. The molecule has 21 heavy (non-hydrogen) atoms. The minimum absolute atomic E-state index is 0.125. The Kier molecular flexibility index (Phi) is 4.29. The fourth-order valence-electron chi connectivity index (χ4n) is 3.87. The summed E-state index contributed by atoms with van der Waals surface area (Å²) < 4.78 is 0. The van der Waals surface area contributed by atoms with E-state index in [0.717, 1.165) is 37.4 Å². The van der Waals surface area contributed by atoms with Gasteiger partial charge in [-0.15, -0.1) is 0 Å². The van der Waals surface area contributed by atoms with Crippen LogP contribution < -0.4 is 10.6 Å². The Morgan fingerprint density at radius 2 is 2.14 bits per heavy atom. The lowest BCUT2D eigenvalue weighted by Crippen LogP contribution is -2.43. The summed E-state index contributed by atoms with van der Waals surface area (Å²) in [6, 6.07) is 6.46. The normalized spacial score (nSPS) is 28.8. The van der Waals surface area contributed by atoms with E-state index in [1.807, 2.05) is 12.1 Å². The molecule has 1 fully saturated rings. The van der Waals surface area contributed by atoms with E-state index in [2.05, 4.69) is 30.5 Å². The second kappa shape index (κ2) is 6.18. The first-order valence-electron chi connectivity index (χ1n) is 8.27. The van der Waals surface area contributed by atoms with Gasteiger partial charge in [-0.1, -0.05) is 26.0 Å². The highest BCUT2D eigenvalue weighted by Crippen LogP contribution is 2.29. The lowest BCUT2D eigenvalue weighted by Gasteiger charge is -2.33. The fraction of sp³-hybridized carbons (Fsp3) is 0.611. The molecular weight excluding hydrogens is 260 g/mol.